The minimum atomic E-state index is -0.419. The molecule has 10 heavy (non-hydrogen) atoms. The van der Waals surface area contributed by atoms with Gasteiger partial charge < -0.3 is 15.4 Å². The maximum atomic E-state index is 8.59. The van der Waals surface area contributed by atoms with Gasteiger partial charge in [-0.25, -0.2) is 0 Å². The predicted molar refractivity (Wildman–Crippen MR) is 35.3 cm³/mol. The second kappa shape index (κ2) is 2.81. The van der Waals surface area contributed by atoms with Crippen molar-refractivity contribution in [3.05, 3.63) is 17.5 Å². The normalized spacial score (nSPS) is 13.5. The fraction of sp³-hybridized carbons (Fsp3) is 0.500. The van der Waals surface area contributed by atoms with Gasteiger partial charge in [-0.3, -0.25) is 0 Å². The van der Waals surface area contributed by atoms with Crippen LogP contribution in [-0.4, -0.2) is 16.9 Å². The minimum Gasteiger partial charge on any atom is -0.394 e. The molecule has 4 nitrogen and oxygen atoms in total. The van der Waals surface area contributed by atoms with Gasteiger partial charge in [-0.1, -0.05) is 5.16 Å². The topological polar surface area (TPSA) is 72.3 Å². The molecule has 0 bridgehead atoms. The van der Waals surface area contributed by atoms with Crippen molar-refractivity contribution < 1.29 is 9.63 Å². The largest absolute Gasteiger partial charge is 0.394 e. The van der Waals surface area contributed by atoms with Gasteiger partial charge in [0.25, 0.3) is 0 Å². The molecule has 0 saturated carbocycles. The van der Waals surface area contributed by atoms with Gasteiger partial charge in [-0.2, -0.15) is 0 Å². The van der Waals surface area contributed by atoms with Crippen molar-refractivity contribution in [2.24, 2.45) is 5.73 Å². The molecule has 0 aliphatic heterocycles. The quantitative estimate of drug-likeness (QED) is 0.608. The van der Waals surface area contributed by atoms with Gasteiger partial charge in [0.1, 0.15) is 11.5 Å². The second-order valence-electron chi connectivity index (χ2n) is 2.15. The van der Waals surface area contributed by atoms with Gasteiger partial charge in [0, 0.05) is 6.07 Å². The van der Waals surface area contributed by atoms with Crippen LogP contribution in [0.3, 0.4) is 0 Å². The summed E-state index contributed by atoms with van der Waals surface area (Å²) in [5.74, 6) is 0.707. The van der Waals surface area contributed by atoms with Crippen LogP contribution in [0.2, 0.25) is 0 Å². The lowest BCUT2D eigenvalue weighted by atomic mass is 10.2. The van der Waals surface area contributed by atoms with Crippen LogP contribution in [0.15, 0.2) is 10.6 Å². The van der Waals surface area contributed by atoms with E-state index in [4.69, 9.17) is 15.4 Å². The highest BCUT2D eigenvalue weighted by atomic mass is 16.5. The number of aliphatic hydroxyl groups is 1. The Bertz CT molecular complexity index is 209. The van der Waals surface area contributed by atoms with Crippen LogP contribution in [0.5, 0.6) is 0 Å². The van der Waals surface area contributed by atoms with Gasteiger partial charge in [-0.05, 0) is 6.92 Å². The highest BCUT2D eigenvalue weighted by Gasteiger charge is 2.07. The summed E-state index contributed by atoms with van der Waals surface area (Å²) in [5, 5.41) is 12.2. The summed E-state index contributed by atoms with van der Waals surface area (Å²) >= 11 is 0. The summed E-state index contributed by atoms with van der Waals surface area (Å²) in [6.07, 6.45) is 0. The molecule has 3 N–H and O–H groups in total. The van der Waals surface area contributed by atoms with E-state index in [0.717, 1.165) is 0 Å². The molecular weight excluding hydrogens is 132 g/mol. The summed E-state index contributed by atoms with van der Waals surface area (Å²) < 4.78 is 4.75. The molecular formula is C6H10N2O2. The zero-order valence-corrected chi connectivity index (χ0v) is 5.74. The monoisotopic (exact) mass is 142 g/mol. The molecule has 0 amide bonds. The Morgan fingerprint density at radius 2 is 2.60 bits per heavy atom. The van der Waals surface area contributed by atoms with E-state index in [9.17, 15) is 0 Å². The first-order valence-electron chi connectivity index (χ1n) is 3.03. The van der Waals surface area contributed by atoms with Crippen LogP contribution in [0.4, 0.5) is 0 Å². The third-order valence-electron chi connectivity index (χ3n) is 1.22. The third kappa shape index (κ3) is 1.34. The van der Waals surface area contributed by atoms with Gasteiger partial charge in [0.2, 0.25) is 0 Å². The Hall–Kier alpha value is -0.870. The van der Waals surface area contributed by atoms with Crippen molar-refractivity contribution in [1.29, 1.82) is 0 Å². The van der Waals surface area contributed by atoms with E-state index in [1.54, 1.807) is 13.0 Å². The Morgan fingerprint density at radius 1 is 1.90 bits per heavy atom. The number of aromatic nitrogens is 1. The SMILES string of the molecule is Cc1cc([C@@H](N)CO)no1. The van der Waals surface area contributed by atoms with Crippen molar-refractivity contribution in [3.8, 4) is 0 Å². The van der Waals surface area contributed by atoms with Crippen LogP contribution in [0.25, 0.3) is 0 Å². The van der Waals surface area contributed by atoms with E-state index >= 15 is 0 Å². The molecule has 0 unspecified atom stereocenters. The van der Waals surface area contributed by atoms with E-state index < -0.39 is 6.04 Å². The first-order chi connectivity index (χ1) is 4.74. The maximum absolute atomic E-state index is 8.59. The lowest BCUT2D eigenvalue weighted by molar-refractivity contribution is 0.261. The molecule has 0 radical (unpaired) electrons. The molecule has 0 spiro atoms. The summed E-state index contributed by atoms with van der Waals surface area (Å²) in [6.45, 7) is 1.67. The molecule has 0 aromatic carbocycles. The van der Waals surface area contributed by atoms with Crippen molar-refractivity contribution in [1.82, 2.24) is 5.16 Å². The van der Waals surface area contributed by atoms with E-state index in [0.29, 0.717) is 11.5 Å². The first kappa shape index (κ1) is 7.24. The standard InChI is InChI=1S/C6H10N2O2/c1-4-2-6(8-10-4)5(7)3-9/h2,5,9H,3,7H2,1H3/t5-/m0/s1. The fourth-order valence-corrected chi connectivity index (χ4v) is 0.654. The maximum Gasteiger partial charge on any atom is 0.133 e. The number of hydrogen-bond acceptors (Lipinski definition) is 4. The Kier molecular flexibility index (Phi) is 2.03. The second-order valence-corrected chi connectivity index (χ2v) is 2.15. The number of rotatable bonds is 2. The van der Waals surface area contributed by atoms with Gasteiger partial charge in [0.05, 0.1) is 12.6 Å². The van der Waals surface area contributed by atoms with E-state index in [1.165, 1.54) is 0 Å². The molecule has 1 aromatic heterocycles. The van der Waals surface area contributed by atoms with Gasteiger partial charge >= 0.3 is 0 Å². The highest BCUT2D eigenvalue weighted by molar-refractivity contribution is 5.07. The van der Waals surface area contributed by atoms with Crippen LogP contribution in [0.1, 0.15) is 17.5 Å². The number of hydrogen-bond donors (Lipinski definition) is 2. The van der Waals surface area contributed by atoms with E-state index in [-0.39, 0.29) is 6.61 Å². The van der Waals surface area contributed by atoms with Crippen molar-refractivity contribution >= 4 is 0 Å². The average Bonchev–Trinajstić information content (AvgIpc) is 2.34. The van der Waals surface area contributed by atoms with Crippen molar-refractivity contribution in [3.63, 3.8) is 0 Å². The third-order valence-corrected chi connectivity index (χ3v) is 1.22. The summed E-state index contributed by atoms with van der Waals surface area (Å²) in [4.78, 5) is 0. The van der Waals surface area contributed by atoms with E-state index in [1.807, 2.05) is 0 Å². The molecule has 4 heteroatoms. The van der Waals surface area contributed by atoms with Gasteiger partial charge in [0.15, 0.2) is 0 Å². The van der Waals surface area contributed by atoms with Crippen LogP contribution in [-0.2, 0) is 0 Å². The average molecular weight is 142 g/mol. The van der Waals surface area contributed by atoms with Gasteiger partial charge in [-0.15, -0.1) is 0 Å². The Labute approximate surface area is 58.6 Å². The number of aliphatic hydroxyl groups excluding tert-OH is 1. The number of aryl methyl sites for hydroxylation is 1. The molecule has 0 fully saturated rings. The highest BCUT2D eigenvalue weighted by Crippen LogP contribution is 2.08. The zero-order valence-electron chi connectivity index (χ0n) is 5.74. The summed E-state index contributed by atoms with van der Waals surface area (Å²) in [6, 6.07) is 1.29. The molecule has 0 aliphatic carbocycles. The fourth-order valence-electron chi connectivity index (χ4n) is 0.654. The lowest BCUT2D eigenvalue weighted by Crippen LogP contribution is -2.14. The molecule has 1 atom stereocenters. The molecule has 0 saturated heterocycles. The van der Waals surface area contributed by atoms with Crippen LogP contribution in [0, 0.1) is 6.92 Å². The van der Waals surface area contributed by atoms with Crippen molar-refractivity contribution in [2.45, 2.75) is 13.0 Å². The molecule has 1 rings (SSSR count). The zero-order chi connectivity index (χ0) is 7.56. The number of nitrogens with two attached hydrogens (primary N) is 1. The minimum absolute atomic E-state index is 0.105. The van der Waals surface area contributed by atoms with E-state index in [2.05, 4.69) is 5.16 Å². The first-order valence-corrected chi connectivity index (χ1v) is 3.03. The van der Waals surface area contributed by atoms with Crippen LogP contribution < -0.4 is 5.73 Å². The Balaban J connectivity index is 2.74. The summed E-state index contributed by atoms with van der Waals surface area (Å²) in [7, 11) is 0. The molecule has 1 aromatic rings. The lowest BCUT2D eigenvalue weighted by Gasteiger charge is -1.99. The molecule has 1 heterocycles. The van der Waals surface area contributed by atoms with Crippen molar-refractivity contribution in [2.75, 3.05) is 6.61 Å². The predicted octanol–water partition coefficient (Wildman–Crippen LogP) is -0.0249. The number of nitrogens with zero attached hydrogens (tertiary/aromatic N) is 1. The summed E-state index contributed by atoms with van der Waals surface area (Å²) in [5.41, 5.74) is 6.03. The Morgan fingerprint density at radius 3 is 3.00 bits per heavy atom. The molecule has 0 aliphatic rings. The van der Waals surface area contributed by atoms with Crippen LogP contribution >= 0.6 is 0 Å². The molecule has 56 valence electrons. The smallest absolute Gasteiger partial charge is 0.133 e.